The highest BCUT2D eigenvalue weighted by Gasteiger charge is 2.51. The smallest absolute Gasteiger partial charge is 0.325 e. The maximum atomic E-state index is 13.1. The molecule has 29 heavy (non-hydrogen) atoms. The summed E-state index contributed by atoms with van der Waals surface area (Å²) >= 11 is 0. The second-order valence-electron chi connectivity index (χ2n) is 8.07. The van der Waals surface area contributed by atoms with Gasteiger partial charge in [-0.05, 0) is 51.2 Å². The second-order valence-corrected chi connectivity index (χ2v) is 8.07. The number of benzene rings is 1. The van der Waals surface area contributed by atoms with E-state index in [0.29, 0.717) is 23.0 Å². The minimum absolute atomic E-state index is 0.102. The first-order valence-corrected chi connectivity index (χ1v) is 9.85. The Hall–Kier alpha value is -3.09. The number of rotatable bonds is 6. The lowest BCUT2D eigenvalue weighted by atomic mass is 9.92. The van der Waals surface area contributed by atoms with Crippen molar-refractivity contribution in [2.75, 3.05) is 6.54 Å². The van der Waals surface area contributed by atoms with E-state index in [0.717, 1.165) is 23.3 Å². The number of urea groups is 1. The molecule has 152 valence electrons. The van der Waals surface area contributed by atoms with Gasteiger partial charge in [0.25, 0.3) is 5.91 Å². The Balaban J connectivity index is 1.49. The van der Waals surface area contributed by atoms with Crippen LogP contribution in [0.1, 0.15) is 48.5 Å². The molecule has 2 unspecified atom stereocenters. The summed E-state index contributed by atoms with van der Waals surface area (Å²) in [6.07, 6.45) is 2.11. The number of furan rings is 1. The van der Waals surface area contributed by atoms with Gasteiger partial charge in [-0.2, -0.15) is 0 Å². The Bertz CT molecular complexity index is 964. The fourth-order valence-corrected chi connectivity index (χ4v) is 4.08. The second kappa shape index (κ2) is 7.06. The van der Waals surface area contributed by atoms with Gasteiger partial charge < -0.3 is 15.1 Å². The lowest BCUT2D eigenvalue weighted by Gasteiger charge is -2.22. The summed E-state index contributed by atoms with van der Waals surface area (Å²) in [7, 11) is 0. The molecular weight excluding hydrogens is 370 g/mol. The van der Waals surface area contributed by atoms with Gasteiger partial charge in [-0.15, -0.1) is 0 Å². The van der Waals surface area contributed by atoms with Crippen LogP contribution in [-0.4, -0.2) is 29.3 Å². The van der Waals surface area contributed by atoms with E-state index in [1.165, 1.54) is 0 Å². The summed E-state index contributed by atoms with van der Waals surface area (Å²) in [4.78, 5) is 39.3. The minimum atomic E-state index is -1.24. The highest BCUT2D eigenvalue weighted by atomic mass is 16.3. The van der Waals surface area contributed by atoms with Crippen molar-refractivity contribution in [2.24, 2.45) is 5.92 Å². The first-order valence-electron chi connectivity index (χ1n) is 9.85. The standard InChI is InChI=1S/C22H25N3O4/c1-13-11-17(14(2)29-13)22(3)20(27)25(21(28)24-22)12-18(26)23-19(16-9-10-16)15-7-5-4-6-8-15/h4-8,11,16,19H,9-10,12H2,1-3H3,(H,23,26)(H,24,28). The van der Waals surface area contributed by atoms with Gasteiger partial charge in [0.05, 0.1) is 6.04 Å². The van der Waals surface area contributed by atoms with E-state index in [1.54, 1.807) is 26.8 Å². The van der Waals surface area contributed by atoms with Gasteiger partial charge in [-0.3, -0.25) is 14.5 Å². The number of imide groups is 1. The molecule has 2 N–H and O–H groups in total. The van der Waals surface area contributed by atoms with E-state index in [2.05, 4.69) is 10.6 Å². The largest absolute Gasteiger partial charge is 0.466 e. The molecule has 1 aliphatic heterocycles. The van der Waals surface area contributed by atoms with Crippen molar-refractivity contribution in [3.63, 3.8) is 0 Å². The molecule has 0 bridgehead atoms. The molecule has 1 saturated heterocycles. The first-order chi connectivity index (χ1) is 13.8. The highest BCUT2D eigenvalue weighted by Crippen LogP contribution is 2.41. The van der Waals surface area contributed by atoms with Crippen molar-refractivity contribution in [3.05, 3.63) is 59.0 Å². The van der Waals surface area contributed by atoms with Gasteiger partial charge in [-0.25, -0.2) is 4.79 Å². The van der Waals surface area contributed by atoms with Crippen molar-refractivity contribution in [1.82, 2.24) is 15.5 Å². The van der Waals surface area contributed by atoms with Crippen molar-refractivity contribution in [3.8, 4) is 0 Å². The van der Waals surface area contributed by atoms with Crippen LogP contribution < -0.4 is 10.6 Å². The van der Waals surface area contributed by atoms with E-state index in [1.807, 2.05) is 30.3 Å². The Labute approximate surface area is 169 Å². The third kappa shape index (κ3) is 3.52. The van der Waals surface area contributed by atoms with Crippen LogP contribution >= 0.6 is 0 Å². The van der Waals surface area contributed by atoms with Crippen molar-refractivity contribution >= 4 is 17.8 Å². The van der Waals surface area contributed by atoms with E-state index in [4.69, 9.17) is 4.42 Å². The molecular formula is C22H25N3O4. The molecule has 4 rings (SSSR count). The molecule has 7 nitrogen and oxygen atoms in total. The number of nitrogens with zero attached hydrogens (tertiary/aromatic N) is 1. The molecule has 2 heterocycles. The van der Waals surface area contributed by atoms with Gasteiger partial charge in [0.15, 0.2) is 0 Å². The first kappa shape index (κ1) is 19.2. The molecule has 2 atom stereocenters. The zero-order valence-electron chi connectivity index (χ0n) is 16.8. The number of nitrogens with one attached hydrogen (secondary N) is 2. The molecule has 7 heteroatoms. The molecule has 0 spiro atoms. The van der Waals surface area contributed by atoms with Crippen molar-refractivity contribution in [2.45, 2.75) is 45.2 Å². The zero-order valence-corrected chi connectivity index (χ0v) is 16.8. The van der Waals surface area contributed by atoms with E-state index >= 15 is 0 Å². The van der Waals surface area contributed by atoms with Gasteiger partial charge in [-0.1, -0.05) is 30.3 Å². The van der Waals surface area contributed by atoms with Gasteiger partial charge in [0.2, 0.25) is 5.91 Å². The van der Waals surface area contributed by atoms with Crippen LogP contribution in [0.3, 0.4) is 0 Å². The van der Waals surface area contributed by atoms with Crippen LogP contribution in [0.2, 0.25) is 0 Å². The van der Waals surface area contributed by atoms with Crippen LogP contribution in [0.25, 0.3) is 0 Å². The number of carbonyl (C=O) groups excluding carboxylic acids is 3. The summed E-state index contributed by atoms with van der Waals surface area (Å²) in [6.45, 7) is 4.86. The maximum Gasteiger partial charge on any atom is 0.325 e. The Morgan fingerprint density at radius 2 is 1.97 bits per heavy atom. The predicted octanol–water partition coefficient (Wildman–Crippen LogP) is 2.93. The van der Waals surface area contributed by atoms with Crippen LogP contribution in [0.15, 0.2) is 40.8 Å². The third-order valence-corrected chi connectivity index (χ3v) is 5.72. The van der Waals surface area contributed by atoms with Crippen molar-refractivity contribution < 1.29 is 18.8 Å². The zero-order chi connectivity index (χ0) is 20.8. The van der Waals surface area contributed by atoms with E-state index < -0.39 is 17.5 Å². The molecule has 0 radical (unpaired) electrons. The Morgan fingerprint density at radius 3 is 2.55 bits per heavy atom. The van der Waals surface area contributed by atoms with Gasteiger partial charge >= 0.3 is 6.03 Å². The molecule has 1 aliphatic carbocycles. The third-order valence-electron chi connectivity index (χ3n) is 5.72. The fraction of sp³-hybridized carbons (Fsp3) is 0.409. The maximum absolute atomic E-state index is 13.1. The normalized spacial score (nSPS) is 22.5. The van der Waals surface area contributed by atoms with E-state index in [9.17, 15) is 14.4 Å². The summed E-state index contributed by atoms with van der Waals surface area (Å²) in [5.74, 6) is 0.823. The van der Waals surface area contributed by atoms with Gasteiger partial charge in [0, 0.05) is 5.56 Å². The molecule has 1 saturated carbocycles. The predicted molar refractivity (Wildman–Crippen MR) is 106 cm³/mol. The lowest BCUT2D eigenvalue weighted by molar-refractivity contribution is -0.135. The lowest BCUT2D eigenvalue weighted by Crippen LogP contribution is -2.44. The highest BCUT2D eigenvalue weighted by molar-refractivity contribution is 6.09. The number of aryl methyl sites for hydroxylation is 2. The SMILES string of the molecule is Cc1cc(C2(C)NC(=O)N(CC(=O)NC(c3ccccc3)C3CC3)C2=O)c(C)o1. The van der Waals surface area contributed by atoms with Crippen LogP contribution in [0, 0.1) is 19.8 Å². The number of hydrogen-bond acceptors (Lipinski definition) is 4. The van der Waals surface area contributed by atoms with Crippen molar-refractivity contribution in [1.29, 1.82) is 0 Å². The van der Waals surface area contributed by atoms with Crippen LogP contribution in [-0.2, 0) is 15.1 Å². The average Bonchev–Trinajstić information content (AvgIpc) is 3.43. The summed E-state index contributed by atoms with van der Waals surface area (Å²) in [5.41, 5.74) is 0.403. The Morgan fingerprint density at radius 1 is 1.28 bits per heavy atom. The summed E-state index contributed by atoms with van der Waals surface area (Å²) in [6, 6.07) is 10.8. The molecule has 2 aromatic rings. The minimum Gasteiger partial charge on any atom is -0.466 e. The monoisotopic (exact) mass is 395 g/mol. The van der Waals surface area contributed by atoms with Crippen LogP contribution in [0.5, 0.6) is 0 Å². The molecule has 4 amide bonds. The quantitative estimate of drug-likeness (QED) is 0.736. The molecule has 2 fully saturated rings. The summed E-state index contributed by atoms with van der Waals surface area (Å²) in [5, 5.41) is 5.74. The Kier molecular flexibility index (Phi) is 4.68. The topological polar surface area (TPSA) is 91.7 Å². The molecule has 1 aromatic carbocycles. The van der Waals surface area contributed by atoms with Gasteiger partial charge in [0.1, 0.15) is 23.6 Å². The molecule has 1 aromatic heterocycles. The number of amides is 4. The fourth-order valence-electron chi connectivity index (χ4n) is 4.08. The average molecular weight is 395 g/mol. The summed E-state index contributed by atoms with van der Waals surface area (Å²) < 4.78 is 5.53. The van der Waals surface area contributed by atoms with Crippen LogP contribution in [0.4, 0.5) is 4.79 Å². The van der Waals surface area contributed by atoms with E-state index in [-0.39, 0.29) is 18.5 Å². The number of carbonyl (C=O) groups is 3. The molecule has 2 aliphatic rings. The number of hydrogen-bond donors (Lipinski definition) is 2.